The molecule has 0 spiro atoms. The molecule has 5 heteroatoms. The molecule has 0 bridgehead atoms. The molecule has 0 saturated carbocycles. The van der Waals surface area contributed by atoms with Crippen molar-refractivity contribution in [2.75, 3.05) is 13.2 Å². The fourth-order valence-corrected chi connectivity index (χ4v) is 4.61. The number of rotatable bonds is 6. The minimum atomic E-state index is -0.0765. The normalized spacial score (nSPS) is 19.8. The summed E-state index contributed by atoms with van der Waals surface area (Å²) in [7, 11) is 0. The number of hydrogen-bond donors (Lipinski definition) is 1. The molecule has 3 rings (SSSR count). The Balaban J connectivity index is 2.03. The van der Waals surface area contributed by atoms with Gasteiger partial charge >= 0.3 is 0 Å². The van der Waals surface area contributed by atoms with Gasteiger partial charge in [0.15, 0.2) is 5.78 Å². The molecule has 158 valence electrons. The lowest BCUT2D eigenvalue weighted by Crippen LogP contribution is -2.26. The fourth-order valence-electron chi connectivity index (χ4n) is 4.61. The van der Waals surface area contributed by atoms with Crippen molar-refractivity contribution in [1.29, 1.82) is 0 Å². The summed E-state index contributed by atoms with van der Waals surface area (Å²) in [6, 6.07) is 0. The maximum atomic E-state index is 13.1. The number of ether oxygens (including phenoxy) is 1. The van der Waals surface area contributed by atoms with Crippen LogP contribution in [0.25, 0.3) is 0 Å². The number of hydrogen-bond acceptors (Lipinski definition) is 5. The summed E-state index contributed by atoms with van der Waals surface area (Å²) >= 11 is 0. The van der Waals surface area contributed by atoms with Crippen molar-refractivity contribution in [1.82, 2.24) is 0 Å². The van der Waals surface area contributed by atoms with Crippen LogP contribution in [0.3, 0.4) is 0 Å². The van der Waals surface area contributed by atoms with Gasteiger partial charge in [0.2, 0.25) is 0 Å². The molecule has 29 heavy (non-hydrogen) atoms. The summed E-state index contributed by atoms with van der Waals surface area (Å²) in [5.41, 5.74) is 7.00. The van der Waals surface area contributed by atoms with Gasteiger partial charge in [-0.3, -0.25) is 4.79 Å². The Hall–Kier alpha value is -2.30. The van der Waals surface area contributed by atoms with Crippen molar-refractivity contribution in [2.45, 2.75) is 79.1 Å². The molecule has 1 atom stereocenters. The van der Waals surface area contributed by atoms with Gasteiger partial charge in [-0.15, -0.1) is 0 Å². The quantitative estimate of drug-likeness (QED) is 0.514. The highest BCUT2D eigenvalue weighted by molar-refractivity contribution is 6.23. The molecule has 1 unspecified atom stereocenters. The Labute approximate surface area is 173 Å². The zero-order valence-corrected chi connectivity index (χ0v) is 18.4. The van der Waals surface area contributed by atoms with Gasteiger partial charge in [-0.1, -0.05) is 18.5 Å². The van der Waals surface area contributed by atoms with Crippen molar-refractivity contribution in [3.8, 4) is 5.75 Å². The average molecular weight is 400 g/mol. The van der Waals surface area contributed by atoms with E-state index in [1.54, 1.807) is 0 Å². The highest BCUT2D eigenvalue weighted by atomic mass is 16.6. The van der Waals surface area contributed by atoms with Gasteiger partial charge in [0.05, 0.1) is 17.9 Å². The van der Waals surface area contributed by atoms with Crippen molar-refractivity contribution in [3.05, 3.63) is 39.1 Å². The van der Waals surface area contributed by atoms with E-state index in [4.69, 9.17) is 9.57 Å². The summed E-state index contributed by atoms with van der Waals surface area (Å²) in [4.78, 5) is 18.3. The van der Waals surface area contributed by atoms with Crippen LogP contribution in [0.4, 0.5) is 0 Å². The number of allylic oxidation sites excluding steroid dienone is 2. The lowest BCUT2D eigenvalue weighted by Gasteiger charge is -2.31. The zero-order chi connectivity index (χ0) is 21.1. The van der Waals surface area contributed by atoms with Crippen LogP contribution in [0, 0.1) is 20.8 Å². The van der Waals surface area contributed by atoms with E-state index in [2.05, 4.69) is 25.9 Å². The van der Waals surface area contributed by atoms with Gasteiger partial charge < -0.3 is 14.7 Å². The first kappa shape index (κ1) is 21.4. The van der Waals surface area contributed by atoms with Gasteiger partial charge in [-0.2, -0.15) is 0 Å². The summed E-state index contributed by atoms with van der Waals surface area (Å²) in [6.07, 6.45) is 4.24. The van der Waals surface area contributed by atoms with E-state index >= 15 is 0 Å². The smallest absolute Gasteiger partial charge is 0.168 e. The van der Waals surface area contributed by atoms with E-state index in [-0.39, 0.29) is 17.5 Å². The number of ketones is 1. The highest BCUT2D eigenvalue weighted by Gasteiger charge is 2.35. The number of Topliss-reactive ketones (excluding diaryl/α,β-unsaturated/α-hetero) is 1. The van der Waals surface area contributed by atoms with Crippen molar-refractivity contribution >= 4 is 11.5 Å². The first-order valence-corrected chi connectivity index (χ1v) is 10.8. The van der Waals surface area contributed by atoms with Crippen LogP contribution < -0.4 is 4.74 Å². The van der Waals surface area contributed by atoms with Crippen molar-refractivity contribution in [3.63, 3.8) is 0 Å². The van der Waals surface area contributed by atoms with Gasteiger partial charge in [0, 0.05) is 24.3 Å². The van der Waals surface area contributed by atoms with Crippen LogP contribution in [0.5, 0.6) is 5.75 Å². The number of benzene rings is 1. The Morgan fingerprint density at radius 2 is 1.93 bits per heavy atom. The number of nitrogens with zero attached hydrogens (tertiary/aromatic N) is 1. The van der Waals surface area contributed by atoms with E-state index < -0.39 is 0 Å². The van der Waals surface area contributed by atoms with Gasteiger partial charge in [0.25, 0.3) is 0 Å². The highest BCUT2D eigenvalue weighted by Crippen LogP contribution is 2.45. The fraction of sp³-hybridized carbons (Fsp3) is 0.583. The summed E-state index contributed by atoms with van der Waals surface area (Å²) < 4.78 is 6.11. The second-order valence-corrected chi connectivity index (χ2v) is 8.10. The van der Waals surface area contributed by atoms with E-state index in [1.807, 2.05) is 13.8 Å². The second kappa shape index (κ2) is 9.02. The molecule has 0 aromatic heterocycles. The largest absolute Gasteiger partial charge is 0.511 e. The monoisotopic (exact) mass is 399 g/mol. The van der Waals surface area contributed by atoms with Crippen molar-refractivity contribution < 1.29 is 19.5 Å². The molecule has 1 N–H and O–H groups in total. The van der Waals surface area contributed by atoms with Crippen LogP contribution in [0.2, 0.25) is 0 Å². The topological polar surface area (TPSA) is 68.1 Å². The maximum Gasteiger partial charge on any atom is 0.168 e. The minimum Gasteiger partial charge on any atom is -0.511 e. The molecular weight excluding hydrogens is 366 g/mol. The number of fused-ring (bicyclic) bond motifs is 1. The SMILES string of the molecule is CCC/C(=N\OCC)C1=C(O)CC(c2c(C)c(C)c(C)c3c2OCCC3)CC1=O. The van der Waals surface area contributed by atoms with E-state index in [9.17, 15) is 9.90 Å². The van der Waals surface area contributed by atoms with Gasteiger partial charge in [0.1, 0.15) is 18.1 Å². The molecular formula is C24H33NO4. The lowest BCUT2D eigenvalue weighted by molar-refractivity contribution is -0.116. The molecule has 1 aromatic rings. The molecule has 0 fully saturated rings. The van der Waals surface area contributed by atoms with Gasteiger partial charge in [-0.05, 0) is 69.2 Å². The van der Waals surface area contributed by atoms with Crippen LogP contribution in [0.15, 0.2) is 16.5 Å². The predicted octanol–water partition coefficient (Wildman–Crippen LogP) is 5.39. The van der Waals surface area contributed by atoms with E-state index in [0.29, 0.717) is 43.8 Å². The van der Waals surface area contributed by atoms with E-state index in [1.165, 1.54) is 22.3 Å². The van der Waals surface area contributed by atoms with Crippen molar-refractivity contribution in [2.24, 2.45) is 5.16 Å². The number of aliphatic hydroxyl groups is 1. The summed E-state index contributed by atoms with van der Waals surface area (Å²) in [5, 5.41) is 15.0. The van der Waals surface area contributed by atoms with Crippen LogP contribution in [-0.2, 0) is 16.1 Å². The number of carbonyl (C=O) groups excluding carboxylic acids is 1. The molecule has 1 heterocycles. The van der Waals surface area contributed by atoms with Gasteiger partial charge in [-0.25, -0.2) is 0 Å². The zero-order valence-electron chi connectivity index (χ0n) is 18.4. The third-order valence-electron chi connectivity index (χ3n) is 6.24. The Bertz CT molecular complexity index is 866. The molecule has 2 aliphatic rings. The summed E-state index contributed by atoms with van der Waals surface area (Å²) in [5.74, 6) is 0.934. The minimum absolute atomic E-state index is 0.0622. The molecule has 1 aromatic carbocycles. The number of carbonyl (C=O) groups is 1. The predicted molar refractivity (Wildman–Crippen MR) is 115 cm³/mol. The maximum absolute atomic E-state index is 13.1. The Kier molecular flexibility index (Phi) is 6.66. The van der Waals surface area contributed by atoms with Crippen LogP contribution in [0.1, 0.15) is 79.7 Å². The third-order valence-corrected chi connectivity index (χ3v) is 6.24. The first-order chi connectivity index (χ1) is 13.9. The molecule has 0 amide bonds. The molecule has 5 nitrogen and oxygen atoms in total. The molecule has 1 aliphatic carbocycles. The molecule has 1 aliphatic heterocycles. The molecule has 0 saturated heterocycles. The number of aliphatic hydroxyl groups excluding tert-OH is 1. The second-order valence-electron chi connectivity index (χ2n) is 8.10. The number of oxime groups is 1. The molecule has 0 radical (unpaired) electrons. The Morgan fingerprint density at radius 1 is 1.17 bits per heavy atom. The Morgan fingerprint density at radius 3 is 2.59 bits per heavy atom. The lowest BCUT2D eigenvalue weighted by atomic mass is 9.76. The standard InChI is InChI=1S/C24H33NO4/c1-6-9-19(25-29-7-2)23-20(26)12-17(13-21(23)27)22-16(5)14(3)15(4)18-10-8-11-28-24(18)22/h17,26H,6-13H2,1-5H3/b25-19+. The van der Waals surface area contributed by atoms with E-state index in [0.717, 1.165) is 30.6 Å². The van der Waals surface area contributed by atoms with Crippen LogP contribution >= 0.6 is 0 Å². The first-order valence-electron chi connectivity index (χ1n) is 10.8. The average Bonchev–Trinajstić information content (AvgIpc) is 2.70. The summed E-state index contributed by atoms with van der Waals surface area (Å²) in [6.45, 7) is 11.4. The third kappa shape index (κ3) is 4.05. The van der Waals surface area contributed by atoms with Crippen LogP contribution in [-0.4, -0.2) is 29.8 Å².